The lowest BCUT2D eigenvalue weighted by Crippen LogP contribution is -2.21. The Hall–Kier alpha value is -0.600. The molecule has 1 atom stereocenters. The van der Waals surface area contributed by atoms with E-state index in [0.29, 0.717) is 6.04 Å². The second-order valence-electron chi connectivity index (χ2n) is 3.74. The average molecular weight is 223 g/mol. The van der Waals surface area contributed by atoms with Gasteiger partial charge in [0, 0.05) is 10.9 Å². The lowest BCUT2D eigenvalue weighted by molar-refractivity contribution is 0.495. The molecule has 15 heavy (non-hydrogen) atoms. The number of thiophene rings is 1. The molecule has 1 N–H and O–H groups in total. The molecule has 1 aromatic rings. The minimum Gasteiger partial charge on any atom is -0.309 e. The predicted molar refractivity (Wildman–Crippen MR) is 69.4 cm³/mol. The zero-order valence-corrected chi connectivity index (χ0v) is 10.4. The van der Waals surface area contributed by atoms with Gasteiger partial charge in [0.2, 0.25) is 0 Å². The van der Waals surface area contributed by atoms with Crippen LogP contribution in [-0.4, -0.2) is 6.54 Å². The number of allylic oxidation sites excluding steroid dienone is 1. The molecule has 1 unspecified atom stereocenters. The van der Waals surface area contributed by atoms with Crippen LogP contribution in [0.25, 0.3) is 0 Å². The van der Waals surface area contributed by atoms with Gasteiger partial charge in [-0.1, -0.05) is 25.5 Å². The van der Waals surface area contributed by atoms with Crippen molar-refractivity contribution in [2.45, 2.75) is 38.6 Å². The van der Waals surface area contributed by atoms with Crippen LogP contribution in [0, 0.1) is 0 Å². The van der Waals surface area contributed by atoms with Crippen molar-refractivity contribution in [1.82, 2.24) is 5.32 Å². The summed E-state index contributed by atoms with van der Waals surface area (Å²) in [7, 11) is 0. The Balaban J connectivity index is 2.34. The molecule has 1 nitrogen and oxygen atoms in total. The van der Waals surface area contributed by atoms with Crippen LogP contribution in [0.4, 0.5) is 0 Å². The Labute approximate surface area is 97.2 Å². The van der Waals surface area contributed by atoms with E-state index < -0.39 is 0 Å². The van der Waals surface area contributed by atoms with E-state index in [4.69, 9.17) is 0 Å². The first kappa shape index (κ1) is 12.5. The molecule has 0 aromatic carbocycles. The van der Waals surface area contributed by atoms with Gasteiger partial charge in [-0.2, -0.15) is 0 Å². The van der Waals surface area contributed by atoms with Crippen LogP contribution in [-0.2, 0) is 0 Å². The third kappa shape index (κ3) is 4.63. The van der Waals surface area contributed by atoms with Crippen molar-refractivity contribution < 1.29 is 0 Å². The van der Waals surface area contributed by atoms with Crippen molar-refractivity contribution in [2.75, 3.05) is 6.54 Å². The zero-order valence-electron chi connectivity index (χ0n) is 9.54. The molecular formula is C13H21NS. The van der Waals surface area contributed by atoms with E-state index in [9.17, 15) is 0 Å². The molecule has 1 rings (SSSR count). The van der Waals surface area contributed by atoms with Crippen LogP contribution in [0.15, 0.2) is 30.2 Å². The molecule has 0 bridgehead atoms. The third-order valence-corrected chi connectivity index (χ3v) is 3.43. The number of hydrogen-bond donors (Lipinski definition) is 1. The molecule has 0 aliphatic carbocycles. The molecule has 0 saturated heterocycles. The molecule has 0 amide bonds. The lowest BCUT2D eigenvalue weighted by Gasteiger charge is -2.16. The van der Waals surface area contributed by atoms with Gasteiger partial charge in [-0.3, -0.25) is 0 Å². The Morgan fingerprint density at radius 3 is 3.07 bits per heavy atom. The van der Waals surface area contributed by atoms with E-state index >= 15 is 0 Å². The summed E-state index contributed by atoms with van der Waals surface area (Å²) in [5.74, 6) is 0. The summed E-state index contributed by atoms with van der Waals surface area (Å²) in [6.45, 7) is 7.07. The topological polar surface area (TPSA) is 12.0 Å². The van der Waals surface area contributed by atoms with Crippen molar-refractivity contribution in [3.05, 3.63) is 35.0 Å². The summed E-state index contributed by atoms with van der Waals surface area (Å²) in [6.07, 6.45) is 6.75. The monoisotopic (exact) mass is 223 g/mol. The summed E-state index contributed by atoms with van der Waals surface area (Å²) >= 11 is 1.85. The molecule has 1 heterocycles. The average Bonchev–Trinajstić information content (AvgIpc) is 2.76. The maximum absolute atomic E-state index is 3.74. The Kier molecular flexibility index (Phi) is 6.37. The lowest BCUT2D eigenvalue weighted by atomic mass is 10.1. The highest BCUT2D eigenvalue weighted by atomic mass is 32.1. The molecular weight excluding hydrogens is 202 g/mol. The fourth-order valence-electron chi connectivity index (χ4n) is 1.65. The largest absolute Gasteiger partial charge is 0.309 e. The number of nitrogens with one attached hydrogen (secondary N) is 1. The molecule has 0 saturated carbocycles. The predicted octanol–water partition coefficient (Wildman–Crippen LogP) is 4.15. The minimum absolute atomic E-state index is 0.555. The first-order chi connectivity index (χ1) is 7.38. The molecule has 0 spiro atoms. The molecule has 1 aromatic heterocycles. The summed E-state index contributed by atoms with van der Waals surface area (Å²) in [5.41, 5.74) is 0. The first-order valence-corrected chi connectivity index (χ1v) is 6.64. The van der Waals surface area contributed by atoms with E-state index in [2.05, 4.69) is 36.3 Å². The first-order valence-electron chi connectivity index (χ1n) is 5.76. The Morgan fingerprint density at radius 1 is 1.60 bits per heavy atom. The Bertz CT molecular complexity index is 254. The third-order valence-electron chi connectivity index (χ3n) is 2.44. The van der Waals surface area contributed by atoms with Gasteiger partial charge in [-0.25, -0.2) is 0 Å². The normalized spacial score (nSPS) is 12.6. The maximum Gasteiger partial charge on any atom is 0.0414 e. The highest BCUT2D eigenvalue weighted by Crippen LogP contribution is 2.22. The van der Waals surface area contributed by atoms with E-state index in [1.807, 2.05) is 17.4 Å². The van der Waals surface area contributed by atoms with Crippen LogP contribution in [0.3, 0.4) is 0 Å². The van der Waals surface area contributed by atoms with Gasteiger partial charge in [-0.15, -0.1) is 17.9 Å². The van der Waals surface area contributed by atoms with Gasteiger partial charge < -0.3 is 5.32 Å². The van der Waals surface area contributed by atoms with E-state index in [1.165, 1.54) is 24.1 Å². The highest BCUT2D eigenvalue weighted by molar-refractivity contribution is 7.10. The fraction of sp³-hybridized carbons (Fsp3) is 0.538. The van der Waals surface area contributed by atoms with Gasteiger partial charge in [0.05, 0.1) is 0 Å². The number of unbranched alkanes of at least 4 members (excludes halogenated alkanes) is 1. The molecule has 0 aliphatic rings. The van der Waals surface area contributed by atoms with Crippen molar-refractivity contribution >= 4 is 11.3 Å². The van der Waals surface area contributed by atoms with Crippen LogP contribution >= 0.6 is 11.3 Å². The van der Waals surface area contributed by atoms with E-state index in [-0.39, 0.29) is 0 Å². The molecule has 2 heteroatoms. The van der Waals surface area contributed by atoms with Crippen LogP contribution in [0.2, 0.25) is 0 Å². The Morgan fingerprint density at radius 2 is 2.47 bits per heavy atom. The molecule has 0 fully saturated rings. The van der Waals surface area contributed by atoms with Gasteiger partial charge >= 0.3 is 0 Å². The van der Waals surface area contributed by atoms with Gasteiger partial charge in [-0.05, 0) is 37.3 Å². The van der Waals surface area contributed by atoms with Gasteiger partial charge in [0.1, 0.15) is 0 Å². The highest BCUT2D eigenvalue weighted by Gasteiger charge is 2.09. The summed E-state index contributed by atoms with van der Waals surface area (Å²) in [5, 5.41) is 5.78. The van der Waals surface area contributed by atoms with Gasteiger partial charge in [0.25, 0.3) is 0 Å². The van der Waals surface area contributed by atoms with E-state index in [0.717, 1.165) is 13.0 Å². The zero-order chi connectivity index (χ0) is 10.9. The van der Waals surface area contributed by atoms with Crippen molar-refractivity contribution in [3.63, 3.8) is 0 Å². The minimum atomic E-state index is 0.555. The SMILES string of the molecule is C=CCCCNC(CCC)c1cccs1. The summed E-state index contributed by atoms with van der Waals surface area (Å²) < 4.78 is 0. The second kappa shape index (κ2) is 7.66. The maximum atomic E-state index is 3.74. The van der Waals surface area contributed by atoms with Gasteiger partial charge in [0.15, 0.2) is 0 Å². The smallest absolute Gasteiger partial charge is 0.0414 e. The number of rotatable bonds is 8. The van der Waals surface area contributed by atoms with Crippen LogP contribution in [0.1, 0.15) is 43.5 Å². The molecule has 84 valence electrons. The molecule has 0 radical (unpaired) electrons. The second-order valence-corrected chi connectivity index (χ2v) is 4.72. The van der Waals surface area contributed by atoms with Crippen LogP contribution in [0.5, 0.6) is 0 Å². The fourth-order valence-corrected chi connectivity index (χ4v) is 2.48. The van der Waals surface area contributed by atoms with E-state index in [1.54, 1.807) is 0 Å². The summed E-state index contributed by atoms with van der Waals surface area (Å²) in [6, 6.07) is 4.92. The summed E-state index contributed by atoms with van der Waals surface area (Å²) in [4.78, 5) is 1.47. The van der Waals surface area contributed by atoms with Crippen molar-refractivity contribution in [1.29, 1.82) is 0 Å². The standard InChI is InChI=1S/C13H21NS/c1-3-5-6-10-14-12(8-4-2)13-9-7-11-15-13/h3,7,9,11-12,14H,1,4-6,8,10H2,2H3. The van der Waals surface area contributed by atoms with Crippen LogP contribution < -0.4 is 5.32 Å². The molecule has 0 aliphatic heterocycles. The van der Waals surface area contributed by atoms with Crippen molar-refractivity contribution in [3.8, 4) is 0 Å². The quantitative estimate of drug-likeness (QED) is 0.516. The van der Waals surface area contributed by atoms with Crippen molar-refractivity contribution in [2.24, 2.45) is 0 Å². The number of hydrogen-bond acceptors (Lipinski definition) is 2.